The number of aliphatic hydroxyl groups is 1. The SMILES string of the molecule is OC1CCCC(CNC2CCCCC2C(F)(F)F)C1. The number of rotatable bonds is 3. The van der Waals surface area contributed by atoms with Crippen LogP contribution in [0.15, 0.2) is 0 Å². The Bertz CT molecular complexity index is 282. The summed E-state index contributed by atoms with van der Waals surface area (Å²) in [4.78, 5) is 0. The second kappa shape index (κ2) is 6.44. The van der Waals surface area contributed by atoms with Crippen molar-refractivity contribution in [2.75, 3.05) is 6.54 Å². The van der Waals surface area contributed by atoms with Gasteiger partial charge in [0.1, 0.15) is 0 Å². The lowest BCUT2D eigenvalue weighted by atomic mass is 9.82. The average molecular weight is 279 g/mol. The van der Waals surface area contributed by atoms with Gasteiger partial charge in [0.05, 0.1) is 12.0 Å². The molecule has 0 radical (unpaired) electrons. The number of hydrogen-bond acceptors (Lipinski definition) is 2. The predicted molar refractivity (Wildman–Crippen MR) is 67.8 cm³/mol. The zero-order valence-electron chi connectivity index (χ0n) is 11.3. The molecule has 0 spiro atoms. The minimum Gasteiger partial charge on any atom is -0.393 e. The van der Waals surface area contributed by atoms with Gasteiger partial charge in [0.25, 0.3) is 0 Å². The van der Waals surface area contributed by atoms with Gasteiger partial charge in [-0.3, -0.25) is 0 Å². The van der Waals surface area contributed by atoms with Crippen molar-refractivity contribution >= 4 is 0 Å². The minimum absolute atomic E-state index is 0.258. The van der Waals surface area contributed by atoms with E-state index in [0.29, 0.717) is 25.3 Å². The van der Waals surface area contributed by atoms with Crippen molar-refractivity contribution < 1.29 is 18.3 Å². The number of halogens is 3. The molecule has 112 valence electrons. The van der Waals surface area contributed by atoms with Gasteiger partial charge < -0.3 is 10.4 Å². The van der Waals surface area contributed by atoms with Crippen molar-refractivity contribution in [1.29, 1.82) is 0 Å². The molecule has 0 bridgehead atoms. The van der Waals surface area contributed by atoms with Gasteiger partial charge in [0.15, 0.2) is 0 Å². The molecule has 2 aliphatic carbocycles. The van der Waals surface area contributed by atoms with Gasteiger partial charge in [-0.25, -0.2) is 0 Å². The van der Waals surface area contributed by atoms with E-state index in [9.17, 15) is 18.3 Å². The summed E-state index contributed by atoms with van der Waals surface area (Å²) >= 11 is 0. The molecule has 19 heavy (non-hydrogen) atoms. The summed E-state index contributed by atoms with van der Waals surface area (Å²) in [5.74, 6) is -0.852. The minimum atomic E-state index is -4.08. The predicted octanol–water partition coefficient (Wildman–Crippen LogP) is 3.25. The van der Waals surface area contributed by atoms with E-state index in [1.54, 1.807) is 0 Å². The zero-order chi connectivity index (χ0) is 13.9. The van der Waals surface area contributed by atoms with Crippen molar-refractivity contribution in [2.24, 2.45) is 11.8 Å². The molecule has 0 aromatic heterocycles. The Hall–Kier alpha value is -0.290. The highest BCUT2D eigenvalue weighted by molar-refractivity contribution is 4.86. The molecule has 2 nitrogen and oxygen atoms in total. The van der Waals surface area contributed by atoms with Crippen LogP contribution in [0.3, 0.4) is 0 Å². The third-order valence-electron chi connectivity index (χ3n) is 4.61. The maximum atomic E-state index is 12.9. The van der Waals surface area contributed by atoms with E-state index in [0.717, 1.165) is 32.1 Å². The Labute approximate surface area is 112 Å². The molecule has 0 heterocycles. The third-order valence-corrected chi connectivity index (χ3v) is 4.61. The van der Waals surface area contributed by atoms with Crippen molar-refractivity contribution in [3.63, 3.8) is 0 Å². The van der Waals surface area contributed by atoms with Crippen LogP contribution in [0.4, 0.5) is 13.2 Å². The second-order valence-corrected chi connectivity index (χ2v) is 6.13. The molecule has 5 heteroatoms. The van der Waals surface area contributed by atoms with Crippen molar-refractivity contribution in [3.8, 4) is 0 Å². The summed E-state index contributed by atoms with van der Waals surface area (Å²) < 4.78 is 38.8. The van der Waals surface area contributed by atoms with Gasteiger partial charge >= 0.3 is 6.18 Å². The molecule has 0 aliphatic heterocycles. The molecule has 4 unspecified atom stereocenters. The Kier molecular flexibility index (Phi) is 5.12. The maximum absolute atomic E-state index is 12.9. The summed E-state index contributed by atoms with van der Waals surface area (Å²) in [6, 6.07) is -0.423. The number of hydrogen-bond donors (Lipinski definition) is 2. The first-order chi connectivity index (χ1) is 8.97. The fraction of sp³-hybridized carbons (Fsp3) is 1.00. The van der Waals surface area contributed by atoms with E-state index in [1.807, 2.05) is 0 Å². The Balaban J connectivity index is 1.82. The van der Waals surface area contributed by atoms with Gasteiger partial charge in [0.2, 0.25) is 0 Å². The monoisotopic (exact) mass is 279 g/mol. The van der Waals surface area contributed by atoms with Crippen molar-refractivity contribution in [2.45, 2.75) is 69.7 Å². The molecule has 0 aromatic rings. The molecule has 2 fully saturated rings. The van der Waals surface area contributed by atoms with E-state index < -0.39 is 18.1 Å². The fourth-order valence-corrected chi connectivity index (χ4v) is 3.53. The molecule has 4 atom stereocenters. The first-order valence-corrected chi connectivity index (χ1v) is 7.45. The molecule has 0 amide bonds. The van der Waals surface area contributed by atoms with Crippen LogP contribution >= 0.6 is 0 Å². The highest BCUT2D eigenvalue weighted by Gasteiger charge is 2.45. The summed E-state index contributed by atoms with van der Waals surface area (Å²) in [6.07, 6.45) is 1.70. The topological polar surface area (TPSA) is 32.3 Å². The fourth-order valence-electron chi connectivity index (χ4n) is 3.53. The highest BCUT2D eigenvalue weighted by atomic mass is 19.4. The summed E-state index contributed by atoms with van der Waals surface area (Å²) in [5.41, 5.74) is 0. The van der Waals surface area contributed by atoms with Crippen LogP contribution in [0.2, 0.25) is 0 Å². The van der Waals surface area contributed by atoms with E-state index >= 15 is 0 Å². The zero-order valence-corrected chi connectivity index (χ0v) is 11.3. The summed E-state index contributed by atoms with van der Waals surface area (Å²) in [6.45, 7) is 0.619. The maximum Gasteiger partial charge on any atom is 0.393 e. The van der Waals surface area contributed by atoms with Gasteiger partial charge in [0, 0.05) is 6.04 Å². The molecule has 2 aliphatic rings. The van der Waals surface area contributed by atoms with Crippen LogP contribution in [-0.4, -0.2) is 30.0 Å². The lowest BCUT2D eigenvalue weighted by molar-refractivity contribution is -0.189. The lowest BCUT2D eigenvalue weighted by Gasteiger charge is -2.35. The Morgan fingerprint density at radius 3 is 2.42 bits per heavy atom. The van der Waals surface area contributed by atoms with Crippen LogP contribution in [0.1, 0.15) is 51.4 Å². The molecule has 0 saturated heterocycles. The molecule has 2 N–H and O–H groups in total. The molecule has 0 aromatic carbocycles. The van der Waals surface area contributed by atoms with Crippen LogP contribution in [-0.2, 0) is 0 Å². The van der Waals surface area contributed by atoms with E-state index in [4.69, 9.17) is 0 Å². The van der Waals surface area contributed by atoms with E-state index in [2.05, 4.69) is 5.32 Å². The molecular weight excluding hydrogens is 255 g/mol. The number of aliphatic hydroxyl groups excluding tert-OH is 1. The largest absolute Gasteiger partial charge is 0.393 e. The first-order valence-electron chi connectivity index (χ1n) is 7.45. The third kappa shape index (κ3) is 4.35. The molecule has 2 rings (SSSR count). The quantitative estimate of drug-likeness (QED) is 0.831. The highest BCUT2D eigenvalue weighted by Crippen LogP contribution is 2.38. The van der Waals surface area contributed by atoms with Gasteiger partial charge in [-0.05, 0) is 44.6 Å². The molecule has 2 saturated carbocycles. The van der Waals surface area contributed by atoms with Crippen LogP contribution in [0.25, 0.3) is 0 Å². The normalized spacial score (nSPS) is 37.3. The van der Waals surface area contributed by atoms with E-state index in [-0.39, 0.29) is 12.5 Å². The number of nitrogens with one attached hydrogen (secondary N) is 1. The van der Waals surface area contributed by atoms with Gasteiger partial charge in [-0.2, -0.15) is 13.2 Å². The van der Waals surface area contributed by atoms with Crippen molar-refractivity contribution in [1.82, 2.24) is 5.32 Å². The Morgan fingerprint density at radius 1 is 1.00 bits per heavy atom. The second-order valence-electron chi connectivity index (χ2n) is 6.13. The molecular formula is C14H24F3NO. The lowest BCUT2D eigenvalue weighted by Crippen LogP contribution is -2.47. The number of alkyl halides is 3. The Morgan fingerprint density at radius 2 is 1.74 bits per heavy atom. The van der Waals surface area contributed by atoms with Gasteiger partial charge in [-0.15, -0.1) is 0 Å². The average Bonchev–Trinajstić information content (AvgIpc) is 2.36. The van der Waals surface area contributed by atoms with Crippen molar-refractivity contribution in [3.05, 3.63) is 0 Å². The van der Waals surface area contributed by atoms with Crippen LogP contribution < -0.4 is 5.32 Å². The van der Waals surface area contributed by atoms with Gasteiger partial charge in [-0.1, -0.05) is 19.3 Å². The van der Waals surface area contributed by atoms with Crippen LogP contribution in [0, 0.1) is 11.8 Å². The first kappa shape index (κ1) is 15.1. The standard InChI is InChI=1S/C14H24F3NO/c15-14(16,17)12-6-1-2-7-13(12)18-9-10-4-3-5-11(19)8-10/h10-13,18-19H,1-9H2. The van der Waals surface area contributed by atoms with Crippen LogP contribution in [0.5, 0.6) is 0 Å². The smallest absolute Gasteiger partial charge is 0.393 e. The summed E-state index contributed by atoms with van der Waals surface area (Å²) in [7, 11) is 0. The van der Waals surface area contributed by atoms with E-state index in [1.165, 1.54) is 0 Å². The summed E-state index contributed by atoms with van der Waals surface area (Å²) in [5, 5.41) is 12.7.